The number of amides is 1. The number of nitrogens with one attached hydrogen (secondary N) is 1. The van der Waals surface area contributed by atoms with Crippen LogP contribution in [0.3, 0.4) is 0 Å². The van der Waals surface area contributed by atoms with Crippen LogP contribution in [0, 0.1) is 0 Å². The molecule has 3 aromatic rings. The van der Waals surface area contributed by atoms with Crippen LogP contribution in [0.25, 0.3) is 0 Å². The molecule has 2 aromatic carbocycles. The standard InChI is InChI=1S/C22H23N3OS/c1-25(2)16-18-8-6-17(7-9-18)15-24-22(26)19-10-12-20(13-11-19)27-21-5-3-4-14-23-21/h3-14H,15-16H2,1-2H3,(H,24,26). The first-order chi connectivity index (χ1) is 13.1. The van der Waals surface area contributed by atoms with Crippen molar-refractivity contribution in [1.29, 1.82) is 0 Å². The second kappa shape index (κ2) is 9.35. The van der Waals surface area contributed by atoms with Crippen LogP contribution in [0.4, 0.5) is 0 Å². The van der Waals surface area contributed by atoms with Gasteiger partial charge in [-0.25, -0.2) is 4.98 Å². The van der Waals surface area contributed by atoms with Gasteiger partial charge in [-0.3, -0.25) is 4.79 Å². The summed E-state index contributed by atoms with van der Waals surface area (Å²) in [6.07, 6.45) is 1.77. The maximum atomic E-state index is 12.4. The Bertz CT molecular complexity index is 862. The Kier molecular flexibility index (Phi) is 6.63. The molecule has 0 radical (unpaired) electrons. The smallest absolute Gasteiger partial charge is 0.251 e. The number of aromatic nitrogens is 1. The number of pyridine rings is 1. The third-order valence-corrected chi connectivity index (χ3v) is 4.91. The lowest BCUT2D eigenvalue weighted by Gasteiger charge is -2.10. The van der Waals surface area contributed by atoms with E-state index in [0.29, 0.717) is 12.1 Å². The quantitative estimate of drug-likeness (QED) is 0.669. The minimum absolute atomic E-state index is 0.0678. The van der Waals surface area contributed by atoms with E-state index in [-0.39, 0.29) is 5.91 Å². The van der Waals surface area contributed by atoms with E-state index in [4.69, 9.17) is 0 Å². The van der Waals surface area contributed by atoms with Crippen molar-refractivity contribution < 1.29 is 4.79 Å². The van der Waals surface area contributed by atoms with Crippen molar-refractivity contribution in [1.82, 2.24) is 15.2 Å². The Labute approximate surface area is 164 Å². The third kappa shape index (κ3) is 5.94. The number of nitrogens with zero attached hydrogens (tertiary/aromatic N) is 2. The van der Waals surface area contributed by atoms with Crippen molar-refractivity contribution in [3.8, 4) is 0 Å². The molecular weight excluding hydrogens is 354 g/mol. The van der Waals surface area contributed by atoms with E-state index in [0.717, 1.165) is 22.0 Å². The molecule has 0 aliphatic rings. The number of rotatable bonds is 7. The molecule has 1 aromatic heterocycles. The predicted molar refractivity (Wildman–Crippen MR) is 110 cm³/mol. The molecule has 3 rings (SSSR count). The van der Waals surface area contributed by atoms with Gasteiger partial charge in [0, 0.05) is 29.7 Å². The van der Waals surface area contributed by atoms with Gasteiger partial charge in [-0.1, -0.05) is 42.1 Å². The average molecular weight is 378 g/mol. The summed E-state index contributed by atoms with van der Waals surface area (Å²) in [5, 5.41) is 3.91. The normalized spacial score (nSPS) is 10.8. The fourth-order valence-corrected chi connectivity index (χ4v) is 3.39. The van der Waals surface area contributed by atoms with Gasteiger partial charge in [0.25, 0.3) is 5.91 Å². The Balaban J connectivity index is 1.53. The SMILES string of the molecule is CN(C)Cc1ccc(CNC(=O)c2ccc(Sc3ccccn3)cc2)cc1. The molecular formula is C22H23N3OS. The summed E-state index contributed by atoms with van der Waals surface area (Å²) in [6, 6.07) is 21.7. The molecule has 0 unspecified atom stereocenters. The average Bonchev–Trinajstić information content (AvgIpc) is 2.68. The van der Waals surface area contributed by atoms with Gasteiger partial charge in [0.05, 0.1) is 0 Å². The maximum absolute atomic E-state index is 12.4. The van der Waals surface area contributed by atoms with Gasteiger partial charge in [-0.05, 0) is 61.6 Å². The Morgan fingerprint density at radius 3 is 2.30 bits per heavy atom. The lowest BCUT2D eigenvalue weighted by molar-refractivity contribution is 0.0951. The largest absolute Gasteiger partial charge is 0.348 e. The molecule has 0 fully saturated rings. The zero-order valence-electron chi connectivity index (χ0n) is 15.6. The van der Waals surface area contributed by atoms with Crippen molar-refractivity contribution in [3.05, 3.63) is 89.6 Å². The van der Waals surface area contributed by atoms with Gasteiger partial charge in [-0.15, -0.1) is 0 Å². The lowest BCUT2D eigenvalue weighted by Crippen LogP contribution is -2.22. The van der Waals surface area contributed by atoms with Gasteiger partial charge < -0.3 is 10.2 Å². The van der Waals surface area contributed by atoms with Crippen molar-refractivity contribution in [2.45, 2.75) is 23.0 Å². The van der Waals surface area contributed by atoms with Crippen LogP contribution >= 0.6 is 11.8 Å². The molecule has 0 saturated heterocycles. The van der Waals surface area contributed by atoms with Gasteiger partial charge in [0.2, 0.25) is 0 Å². The van der Waals surface area contributed by atoms with Gasteiger partial charge in [0.1, 0.15) is 5.03 Å². The minimum Gasteiger partial charge on any atom is -0.348 e. The number of carbonyl (C=O) groups is 1. The monoisotopic (exact) mass is 377 g/mol. The van der Waals surface area contributed by atoms with Crippen LogP contribution in [-0.4, -0.2) is 29.9 Å². The van der Waals surface area contributed by atoms with Crippen LogP contribution in [-0.2, 0) is 13.1 Å². The molecule has 0 aliphatic carbocycles. The second-order valence-electron chi connectivity index (χ2n) is 6.53. The van der Waals surface area contributed by atoms with Crippen LogP contribution in [0.15, 0.2) is 82.8 Å². The van der Waals surface area contributed by atoms with Gasteiger partial charge >= 0.3 is 0 Å². The Morgan fingerprint density at radius 1 is 0.963 bits per heavy atom. The molecule has 5 heteroatoms. The second-order valence-corrected chi connectivity index (χ2v) is 7.63. The Hall–Kier alpha value is -2.63. The molecule has 0 aliphatic heterocycles. The van der Waals surface area contributed by atoms with E-state index in [9.17, 15) is 4.79 Å². The van der Waals surface area contributed by atoms with E-state index < -0.39 is 0 Å². The van der Waals surface area contributed by atoms with E-state index >= 15 is 0 Å². The molecule has 138 valence electrons. The molecule has 0 bridgehead atoms. The Morgan fingerprint density at radius 2 is 1.67 bits per heavy atom. The van der Waals surface area contributed by atoms with Crippen molar-refractivity contribution in [3.63, 3.8) is 0 Å². The first-order valence-corrected chi connectivity index (χ1v) is 9.61. The summed E-state index contributed by atoms with van der Waals surface area (Å²) in [7, 11) is 4.10. The lowest BCUT2D eigenvalue weighted by atomic mass is 10.1. The molecule has 0 saturated carbocycles. The number of benzene rings is 2. The van der Waals surface area contributed by atoms with Crippen LogP contribution in [0.2, 0.25) is 0 Å². The predicted octanol–water partition coefficient (Wildman–Crippen LogP) is 4.22. The topological polar surface area (TPSA) is 45.2 Å². The minimum atomic E-state index is -0.0678. The van der Waals surface area contributed by atoms with Crippen LogP contribution in [0.1, 0.15) is 21.5 Å². The number of hydrogen-bond donors (Lipinski definition) is 1. The van der Waals surface area contributed by atoms with Crippen molar-refractivity contribution in [2.75, 3.05) is 14.1 Å². The highest BCUT2D eigenvalue weighted by Crippen LogP contribution is 2.25. The molecule has 1 N–H and O–H groups in total. The molecule has 1 heterocycles. The first-order valence-electron chi connectivity index (χ1n) is 8.80. The van der Waals surface area contributed by atoms with Crippen LogP contribution < -0.4 is 5.32 Å². The first kappa shape index (κ1) is 19.1. The molecule has 0 spiro atoms. The van der Waals surface area contributed by atoms with Crippen LogP contribution in [0.5, 0.6) is 0 Å². The summed E-state index contributed by atoms with van der Waals surface area (Å²) in [6.45, 7) is 1.43. The van der Waals surface area contributed by atoms with E-state index in [1.165, 1.54) is 5.56 Å². The zero-order valence-corrected chi connectivity index (χ0v) is 16.4. The van der Waals surface area contributed by atoms with Gasteiger partial charge in [-0.2, -0.15) is 0 Å². The highest BCUT2D eigenvalue weighted by atomic mass is 32.2. The summed E-state index contributed by atoms with van der Waals surface area (Å²) >= 11 is 1.58. The van der Waals surface area contributed by atoms with Crippen molar-refractivity contribution in [2.24, 2.45) is 0 Å². The van der Waals surface area contributed by atoms with E-state index in [2.05, 4.69) is 39.5 Å². The summed E-state index contributed by atoms with van der Waals surface area (Å²) in [4.78, 5) is 19.8. The highest BCUT2D eigenvalue weighted by molar-refractivity contribution is 7.99. The molecule has 4 nitrogen and oxygen atoms in total. The third-order valence-electron chi connectivity index (χ3n) is 3.95. The molecule has 1 amide bonds. The molecule has 27 heavy (non-hydrogen) atoms. The van der Waals surface area contributed by atoms with E-state index in [1.807, 2.05) is 56.6 Å². The number of hydrogen-bond acceptors (Lipinski definition) is 4. The summed E-state index contributed by atoms with van der Waals surface area (Å²) < 4.78 is 0. The highest BCUT2D eigenvalue weighted by Gasteiger charge is 2.06. The number of carbonyl (C=O) groups excluding carboxylic acids is 1. The summed E-state index contributed by atoms with van der Waals surface area (Å²) in [5.74, 6) is -0.0678. The fourth-order valence-electron chi connectivity index (χ4n) is 2.61. The maximum Gasteiger partial charge on any atom is 0.251 e. The zero-order chi connectivity index (χ0) is 19.1. The van der Waals surface area contributed by atoms with Gasteiger partial charge in [0.15, 0.2) is 0 Å². The van der Waals surface area contributed by atoms with Crippen molar-refractivity contribution >= 4 is 17.7 Å². The van der Waals surface area contributed by atoms with E-state index in [1.54, 1.807) is 18.0 Å². The summed E-state index contributed by atoms with van der Waals surface area (Å²) in [5.41, 5.74) is 3.01. The molecule has 0 atom stereocenters. The fraction of sp³-hybridized carbons (Fsp3) is 0.182.